The zero-order valence-electron chi connectivity index (χ0n) is 11.2. The molecule has 4 rings (SSSR count). The average molecular weight is 325 g/mol. The van der Waals surface area contributed by atoms with Crippen LogP contribution in [0.15, 0.2) is 18.7 Å². The molecule has 0 aliphatic carbocycles. The molecule has 0 spiro atoms. The Morgan fingerprint density at radius 2 is 1.82 bits per heavy atom. The van der Waals surface area contributed by atoms with Gasteiger partial charge in [-0.15, -0.1) is 6.54 Å². The molecule has 0 saturated carbocycles. The molecule has 114 valence electrons. The minimum absolute atomic E-state index is 0. The van der Waals surface area contributed by atoms with Crippen molar-refractivity contribution in [3.8, 4) is 0 Å². The quantitative estimate of drug-likeness (QED) is 0.441. The summed E-state index contributed by atoms with van der Waals surface area (Å²) in [6.45, 7) is 0.576. The van der Waals surface area contributed by atoms with Crippen molar-refractivity contribution in [2.75, 3.05) is 5.73 Å². The standard InChI is InChI=1S/C11H6N5.C5H.Fe/c12-10-9-11(14-6-13-10)16(7-15-9)5-8-3-1-2-4-8;1-2-4-5-3-1;/h6-7H,5H2,(H2,12,13,14);1H;/q2*-5;. The predicted octanol–water partition coefficient (Wildman–Crippen LogP) is 0.980. The number of rotatable bonds is 2. The number of fused-ring (bicyclic) bond motifs is 1. The van der Waals surface area contributed by atoms with E-state index in [0.29, 0.717) is 23.5 Å². The van der Waals surface area contributed by atoms with Gasteiger partial charge in [0.15, 0.2) is 11.5 Å². The summed E-state index contributed by atoms with van der Waals surface area (Å²) in [4.78, 5) is 12.2. The van der Waals surface area contributed by atoms with Crippen LogP contribution in [0.4, 0.5) is 5.82 Å². The Hall–Kier alpha value is -2.43. The fraction of sp³-hybridized carbons (Fsp3) is 0.0625. The molecule has 6 heteroatoms. The van der Waals surface area contributed by atoms with Gasteiger partial charge >= 0.3 is 0 Å². The SMILES string of the molecule is Nc1ncnc2c1ncn2C[c-]1[c-][c-][c-][c-]1.[Fe].[c-]1[c-][c-][cH-][c-]1. The summed E-state index contributed by atoms with van der Waals surface area (Å²) in [5, 5.41) is 0. The van der Waals surface area contributed by atoms with Gasteiger partial charge in [0.2, 0.25) is 0 Å². The van der Waals surface area contributed by atoms with E-state index in [1.54, 1.807) is 12.4 Å². The zero-order valence-corrected chi connectivity index (χ0v) is 12.3. The molecule has 0 amide bonds. The van der Waals surface area contributed by atoms with Gasteiger partial charge in [0.1, 0.15) is 11.8 Å². The van der Waals surface area contributed by atoms with Crippen molar-refractivity contribution in [2.24, 2.45) is 0 Å². The van der Waals surface area contributed by atoms with Gasteiger partial charge in [-0.25, -0.2) is 15.0 Å². The second-order valence-electron chi connectivity index (χ2n) is 3.97. The van der Waals surface area contributed by atoms with E-state index in [1.165, 1.54) is 6.33 Å². The molecule has 2 aromatic carbocycles. The minimum Gasteiger partial charge on any atom is -0.999 e. The van der Waals surface area contributed by atoms with E-state index < -0.39 is 0 Å². The molecule has 0 atom stereocenters. The molecule has 2 aromatic heterocycles. The molecule has 0 bridgehead atoms. The Morgan fingerprint density at radius 3 is 2.45 bits per heavy atom. The van der Waals surface area contributed by atoms with Crippen LogP contribution in [0.3, 0.4) is 0 Å². The number of nitrogens with two attached hydrogens (primary N) is 1. The molecular weight excluding hydrogens is 318 g/mol. The van der Waals surface area contributed by atoms with E-state index in [0.717, 1.165) is 5.56 Å². The predicted molar refractivity (Wildman–Crippen MR) is 73.6 cm³/mol. The molecule has 0 fully saturated rings. The van der Waals surface area contributed by atoms with Crippen molar-refractivity contribution >= 4 is 17.0 Å². The molecule has 0 aliphatic heterocycles. The molecule has 22 heavy (non-hydrogen) atoms. The van der Waals surface area contributed by atoms with Gasteiger partial charge < -0.3 is 70.5 Å². The number of nitrogen functional groups attached to an aromatic ring is 1. The van der Waals surface area contributed by atoms with Gasteiger partial charge in [-0.05, 0) is 0 Å². The van der Waals surface area contributed by atoms with Crippen LogP contribution in [0.1, 0.15) is 5.56 Å². The first-order valence-corrected chi connectivity index (χ1v) is 5.96. The van der Waals surface area contributed by atoms with E-state index in [9.17, 15) is 0 Å². The average Bonchev–Trinajstić information content (AvgIpc) is 3.23. The van der Waals surface area contributed by atoms with Gasteiger partial charge in [0, 0.05) is 17.1 Å². The van der Waals surface area contributed by atoms with Crippen LogP contribution in [-0.4, -0.2) is 19.5 Å². The van der Waals surface area contributed by atoms with Crippen molar-refractivity contribution in [1.29, 1.82) is 0 Å². The van der Waals surface area contributed by atoms with Gasteiger partial charge in [-0.2, -0.15) is 0 Å². The van der Waals surface area contributed by atoms with Gasteiger partial charge in [-0.3, -0.25) is 0 Å². The molecule has 0 radical (unpaired) electrons. The molecule has 0 unspecified atom stereocenters. The van der Waals surface area contributed by atoms with Crippen molar-refractivity contribution in [3.63, 3.8) is 0 Å². The van der Waals surface area contributed by atoms with Crippen LogP contribution < -0.4 is 5.73 Å². The summed E-state index contributed by atoms with van der Waals surface area (Å²) in [6, 6.07) is 23.2. The first-order valence-electron chi connectivity index (χ1n) is 5.96. The molecule has 4 aromatic rings. The zero-order chi connectivity index (χ0) is 14.5. The number of aromatic nitrogens is 4. The summed E-state index contributed by atoms with van der Waals surface area (Å²) in [7, 11) is 0. The third-order valence-corrected chi connectivity index (χ3v) is 2.60. The number of anilines is 1. The van der Waals surface area contributed by atoms with E-state index in [4.69, 9.17) is 5.73 Å². The van der Waals surface area contributed by atoms with E-state index >= 15 is 0 Å². The molecule has 5 nitrogen and oxygen atoms in total. The minimum atomic E-state index is 0. The van der Waals surface area contributed by atoms with E-state index in [-0.39, 0.29) is 17.1 Å². The molecular formula is C16H7FeN5-10. The summed E-state index contributed by atoms with van der Waals surface area (Å²) in [6.07, 6.45) is 3.09. The third-order valence-electron chi connectivity index (χ3n) is 2.60. The topological polar surface area (TPSA) is 69.6 Å². The summed E-state index contributed by atoms with van der Waals surface area (Å²) in [5.74, 6) is 0.386. The van der Waals surface area contributed by atoms with Gasteiger partial charge in [-0.1, -0.05) is 0 Å². The smallest absolute Gasteiger partial charge is 0.162 e. The maximum absolute atomic E-state index is 5.69. The Labute approximate surface area is 139 Å². The number of imidazole rings is 1. The fourth-order valence-electron chi connectivity index (χ4n) is 1.69. The number of hydrogen-bond acceptors (Lipinski definition) is 4. The summed E-state index contributed by atoms with van der Waals surface area (Å²) >= 11 is 0. The number of hydrogen-bond donors (Lipinski definition) is 1. The Bertz CT molecular complexity index is 770. The van der Waals surface area contributed by atoms with Crippen molar-refractivity contribution < 1.29 is 17.1 Å². The van der Waals surface area contributed by atoms with E-state index in [2.05, 4.69) is 63.5 Å². The van der Waals surface area contributed by atoms with E-state index in [1.807, 2.05) is 4.57 Å². The Morgan fingerprint density at radius 1 is 1.09 bits per heavy atom. The van der Waals surface area contributed by atoms with Crippen molar-refractivity contribution in [3.05, 3.63) is 72.8 Å². The first kappa shape index (κ1) is 15.9. The van der Waals surface area contributed by atoms with Crippen LogP contribution in [0.25, 0.3) is 11.2 Å². The van der Waals surface area contributed by atoms with Crippen LogP contribution in [0, 0.1) is 48.5 Å². The summed E-state index contributed by atoms with van der Waals surface area (Å²) in [5.41, 5.74) is 7.86. The van der Waals surface area contributed by atoms with Crippen LogP contribution in [0.2, 0.25) is 0 Å². The Balaban J connectivity index is 0.000000253. The van der Waals surface area contributed by atoms with Crippen LogP contribution in [-0.2, 0) is 23.6 Å². The van der Waals surface area contributed by atoms with Crippen molar-refractivity contribution in [2.45, 2.75) is 6.54 Å². The molecule has 0 saturated heterocycles. The normalized spacial score (nSPS) is 9.82. The molecule has 2 N–H and O–H groups in total. The maximum Gasteiger partial charge on any atom is 0.162 e. The van der Waals surface area contributed by atoms with Gasteiger partial charge in [0.25, 0.3) is 0 Å². The fourth-order valence-corrected chi connectivity index (χ4v) is 1.69. The Kier molecular flexibility index (Phi) is 5.47. The largest absolute Gasteiger partial charge is 0.999 e. The molecule has 0 aliphatic rings. The van der Waals surface area contributed by atoms with Crippen LogP contribution >= 0.6 is 0 Å². The third kappa shape index (κ3) is 3.61. The number of nitrogens with zero attached hydrogens (tertiary/aromatic N) is 4. The second-order valence-corrected chi connectivity index (χ2v) is 3.97. The monoisotopic (exact) mass is 325 g/mol. The maximum atomic E-state index is 5.69. The summed E-state index contributed by atoms with van der Waals surface area (Å²) < 4.78 is 1.86. The second kappa shape index (κ2) is 7.54. The first-order chi connectivity index (χ1) is 10.3. The van der Waals surface area contributed by atoms with Crippen molar-refractivity contribution in [1.82, 2.24) is 19.5 Å². The van der Waals surface area contributed by atoms with Gasteiger partial charge in [0.05, 0.1) is 6.33 Å². The molecule has 2 heterocycles. The van der Waals surface area contributed by atoms with Crippen LogP contribution in [0.5, 0.6) is 0 Å².